The Kier molecular flexibility index (Phi) is 13.9. The van der Waals surface area contributed by atoms with Crippen LogP contribution in [-0.2, 0) is 28.6 Å². The van der Waals surface area contributed by atoms with Crippen LogP contribution in [0.15, 0.2) is 58.7 Å². The van der Waals surface area contributed by atoms with Gasteiger partial charge in [0.05, 0.1) is 27.7 Å². The highest BCUT2D eigenvalue weighted by Crippen LogP contribution is 2.44. The molecule has 61 heavy (non-hydrogen) atoms. The molecule has 4 N–H and O–H groups in total. The number of anilines is 1. The van der Waals surface area contributed by atoms with Crippen molar-refractivity contribution in [1.29, 1.82) is 0 Å². The third-order valence-corrected chi connectivity index (χ3v) is 11.7. The monoisotopic (exact) mass is 923 g/mol. The number of aliphatic imine (C=N–C) groups is 1. The summed E-state index contributed by atoms with van der Waals surface area (Å²) in [5.41, 5.74) is 0.690. The van der Waals surface area contributed by atoms with Crippen LogP contribution in [0.1, 0.15) is 50.2 Å². The van der Waals surface area contributed by atoms with Crippen LogP contribution < -0.4 is 15.8 Å². The van der Waals surface area contributed by atoms with Gasteiger partial charge in [0.15, 0.2) is 5.82 Å². The Bertz CT molecular complexity index is 2490. The molecule has 9 nitrogen and oxygen atoms in total. The van der Waals surface area contributed by atoms with Crippen LogP contribution in [0.3, 0.4) is 0 Å². The fraction of sp³-hybridized carbons (Fsp3) is 0.385. The molecule has 0 bridgehead atoms. The minimum absolute atomic E-state index is 0.00710. The molecule has 2 aromatic heterocycles. The maximum Gasteiger partial charge on any atom is 0.431 e. The summed E-state index contributed by atoms with van der Waals surface area (Å²) in [7, 11) is -1.48. The summed E-state index contributed by atoms with van der Waals surface area (Å²) in [5.74, 6) is -2.97. The first-order valence-electron chi connectivity index (χ1n) is 17.9. The highest BCUT2D eigenvalue weighted by molar-refractivity contribution is 7.99. The number of nitrogens with two attached hydrogens (primary N) is 1. The van der Waals surface area contributed by atoms with Gasteiger partial charge in [0.2, 0.25) is 5.91 Å². The molecule has 1 saturated carbocycles. The first kappa shape index (κ1) is 47.2. The van der Waals surface area contributed by atoms with Gasteiger partial charge in [-0.25, -0.2) is 13.8 Å². The van der Waals surface area contributed by atoms with E-state index in [1.54, 1.807) is 20.1 Å². The van der Waals surface area contributed by atoms with E-state index in [4.69, 9.17) is 17.3 Å². The zero-order chi connectivity index (χ0) is 45.4. The fourth-order valence-corrected chi connectivity index (χ4v) is 7.38. The van der Waals surface area contributed by atoms with Gasteiger partial charge in [0.25, 0.3) is 5.92 Å². The normalized spacial score (nSPS) is 18.2. The largest absolute Gasteiger partial charge is 0.431 e. The molecule has 328 valence electrons. The van der Waals surface area contributed by atoms with Gasteiger partial charge in [0, 0.05) is 52.5 Å². The number of pyridine rings is 1. The standard InChI is InChI=1S/C39H36ClF10N7O2S2/c1-19-16-37(43,44)34(29(19)33(51)39(48,49)50)52-17-28(58)54-27(14-20-12-21(41)15-22(42)13-20)31-24(7-6-23(53-31)10-11-36(2,3)61(5)59)25-8-9-26(40)30-32(25)57(18-38(45,46)47)55-35(30)56-60-4/h6-9,12-13,15,19,27H,14,16-18,51H2,1-5H3,(H,54,58)(H,55,56)/b33-29-,52-34?/t19-,27?,61?/m0/s1. The Morgan fingerprint density at radius 1 is 1.10 bits per heavy atom. The molecule has 2 heterocycles. The predicted molar refractivity (Wildman–Crippen MR) is 215 cm³/mol. The number of alkyl halides is 8. The molecule has 1 aliphatic carbocycles. The maximum atomic E-state index is 15.1. The maximum absolute atomic E-state index is 15.1. The van der Waals surface area contributed by atoms with E-state index in [2.05, 4.69) is 37.0 Å². The number of aromatic nitrogens is 3. The van der Waals surface area contributed by atoms with Gasteiger partial charge in [-0.15, -0.1) is 0 Å². The topological polar surface area (TPSA) is 127 Å². The van der Waals surface area contributed by atoms with Gasteiger partial charge in [-0.2, -0.15) is 40.2 Å². The summed E-state index contributed by atoms with van der Waals surface area (Å²) < 4.78 is 157. The number of amides is 1. The van der Waals surface area contributed by atoms with E-state index in [1.165, 1.54) is 30.5 Å². The SMILES string of the molecule is CSNc1nn(CC(F)(F)F)c2c(-c3ccc(C#CC(C)(C)S(C)=O)nc3C(Cc3cc(F)cc(F)c3)NC(=O)CN=C3/C(=C(\N)C(F)(F)F)[C@@H](C)CC3(F)F)ccc(Cl)c12. The average Bonchev–Trinajstić information content (AvgIpc) is 3.59. The number of rotatable bonds is 11. The number of fused-ring (bicyclic) bond motifs is 1. The lowest BCUT2D eigenvalue weighted by Gasteiger charge is -2.23. The molecule has 0 radical (unpaired) electrons. The van der Waals surface area contributed by atoms with Crippen molar-refractivity contribution in [1.82, 2.24) is 20.1 Å². The second kappa shape index (κ2) is 17.9. The Morgan fingerprint density at radius 3 is 2.33 bits per heavy atom. The Balaban J connectivity index is 1.76. The van der Waals surface area contributed by atoms with Crippen molar-refractivity contribution in [2.24, 2.45) is 16.6 Å². The molecule has 1 fully saturated rings. The summed E-state index contributed by atoms with van der Waals surface area (Å²) in [6, 6.07) is 6.37. The van der Waals surface area contributed by atoms with E-state index in [-0.39, 0.29) is 49.8 Å². The minimum atomic E-state index is -5.20. The lowest BCUT2D eigenvalue weighted by atomic mass is 9.93. The summed E-state index contributed by atoms with van der Waals surface area (Å²) >= 11 is 7.56. The number of halogens is 11. The molecule has 1 aliphatic rings. The minimum Gasteiger partial charge on any atom is -0.394 e. The van der Waals surface area contributed by atoms with Crippen LogP contribution in [0.2, 0.25) is 5.02 Å². The number of nitrogens with zero attached hydrogens (tertiary/aromatic N) is 4. The zero-order valence-electron chi connectivity index (χ0n) is 32.7. The molecule has 2 aromatic carbocycles. The van der Waals surface area contributed by atoms with Crippen molar-refractivity contribution in [3.05, 3.63) is 87.3 Å². The zero-order valence-corrected chi connectivity index (χ0v) is 35.1. The summed E-state index contributed by atoms with van der Waals surface area (Å²) in [5, 5.41) is 6.68. The van der Waals surface area contributed by atoms with Crippen molar-refractivity contribution in [2.75, 3.05) is 23.8 Å². The van der Waals surface area contributed by atoms with Crippen LogP contribution in [0.25, 0.3) is 22.0 Å². The summed E-state index contributed by atoms with van der Waals surface area (Å²) in [6.45, 7) is 1.47. The van der Waals surface area contributed by atoms with Crippen LogP contribution in [-0.4, -0.2) is 72.7 Å². The lowest BCUT2D eigenvalue weighted by Crippen LogP contribution is -2.34. The molecule has 0 aliphatic heterocycles. The van der Waals surface area contributed by atoms with Gasteiger partial charge in [0.1, 0.15) is 46.6 Å². The van der Waals surface area contributed by atoms with E-state index in [1.807, 2.05) is 0 Å². The second-order valence-corrected chi connectivity index (χ2v) is 17.4. The van der Waals surface area contributed by atoms with Gasteiger partial charge >= 0.3 is 12.4 Å². The fourth-order valence-electron chi connectivity index (χ4n) is 6.61. The molecule has 0 saturated heterocycles. The summed E-state index contributed by atoms with van der Waals surface area (Å²) in [4.78, 5) is 22.0. The number of carbonyl (C=O) groups is 1. The predicted octanol–water partition coefficient (Wildman–Crippen LogP) is 9.08. The van der Waals surface area contributed by atoms with E-state index >= 15 is 8.78 Å². The number of benzene rings is 2. The third kappa shape index (κ3) is 11.0. The average molecular weight is 924 g/mol. The summed E-state index contributed by atoms with van der Waals surface area (Å²) in [6.07, 6.45) is -8.58. The molecule has 5 rings (SSSR count). The van der Waals surface area contributed by atoms with Crippen molar-refractivity contribution in [3.8, 4) is 23.0 Å². The molecular weight excluding hydrogens is 888 g/mol. The molecular formula is C39H36ClF10N7O2S2. The molecule has 0 spiro atoms. The number of hydrogen-bond donors (Lipinski definition) is 3. The number of nitrogens with one attached hydrogen (secondary N) is 2. The highest BCUT2D eigenvalue weighted by atomic mass is 35.5. The van der Waals surface area contributed by atoms with Crippen molar-refractivity contribution < 1.29 is 52.9 Å². The van der Waals surface area contributed by atoms with E-state index < -0.39 is 106 Å². The van der Waals surface area contributed by atoms with E-state index in [0.29, 0.717) is 10.7 Å². The lowest BCUT2D eigenvalue weighted by molar-refractivity contribution is -0.141. The van der Waals surface area contributed by atoms with E-state index in [0.717, 1.165) is 31.0 Å². The number of hydrogen-bond acceptors (Lipinski definition) is 8. The number of carbonyl (C=O) groups excluding carboxylic acids is 1. The van der Waals surface area contributed by atoms with Gasteiger partial charge < -0.3 is 15.8 Å². The Hall–Kier alpha value is -4.81. The molecule has 22 heteroatoms. The molecule has 4 aromatic rings. The van der Waals surface area contributed by atoms with Crippen LogP contribution in [0, 0.1) is 29.4 Å². The third-order valence-electron chi connectivity index (χ3n) is 9.46. The second-order valence-electron chi connectivity index (χ2n) is 14.5. The van der Waals surface area contributed by atoms with Crippen molar-refractivity contribution >= 4 is 62.7 Å². The van der Waals surface area contributed by atoms with Gasteiger partial charge in [-0.05, 0) is 68.0 Å². The van der Waals surface area contributed by atoms with E-state index in [9.17, 15) is 44.1 Å². The quantitative estimate of drug-likeness (QED) is 0.0779. The van der Waals surface area contributed by atoms with Gasteiger partial charge in [-0.3, -0.25) is 18.7 Å². The number of allylic oxidation sites excluding steroid dienone is 2. The van der Waals surface area contributed by atoms with Gasteiger partial charge in [-0.1, -0.05) is 42.5 Å². The Labute approximate surface area is 354 Å². The smallest absolute Gasteiger partial charge is 0.394 e. The molecule has 2 unspecified atom stereocenters. The van der Waals surface area contributed by atoms with Crippen LogP contribution in [0.4, 0.5) is 49.7 Å². The van der Waals surface area contributed by atoms with Crippen molar-refractivity contribution in [3.63, 3.8) is 0 Å². The first-order chi connectivity index (χ1) is 28.2. The molecule has 1 amide bonds. The van der Waals surface area contributed by atoms with Crippen LogP contribution in [0.5, 0.6) is 0 Å². The van der Waals surface area contributed by atoms with Crippen molar-refractivity contribution in [2.45, 2.75) is 69.2 Å². The van der Waals surface area contributed by atoms with Crippen LogP contribution >= 0.6 is 23.5 Å². The first-order valence-corrected chi connectivity index (χ1v) is 21.1. The molecule has 3 atom stereocenters. The Morgan fingerprint density at radius 2 is 1.74 bits per heavy atom. The highest BCUT2D eigenvalue weighted by Gasteiger charge is 2.52.